The molecule has 3 rings (SSSR count). The van der Waals surface area contributed by atoms with Crippen molar-refractivity contribution in [3.05, 3.63) is 88.7 Å². The first-order valence-electron chi connectivity index (χ1n) is 9.93. The predicted octanol–water partition coefficient (Wildman–Crippen LogP) is 4.46. The molecule has 0 aliphatic carbocycles. The highest BCUT2D eigenvalue weighted by molar-refractivity contribution is 5.89. The molecular formula is C25H27NO4. The quantitative estimate of drug-likeness (QED) is 0.492. The Morgan fingerprint density at radius 1 is 0.700 bits per heavy atom. The lowest BCUT2D eigenvalue weighted by atomic mass is 10.0. The summed E-state index contributed by atoms with van der Waals surface area (Å²) < 4.78 is 15.4. The highest BCUT2D eigenvalue weighted by atomic mass is 16.5. The summed E-state index contributed by atoms with van der Waals surface area (Å²) in [5, 5.41) is 0. The first kappa shape index (κ1) is 21.4. The van der Waals surface area contributed by atoms with Crippen LogP contribution in [-0.4, -0.2) is 32.3 Å². The summed E-state index contributed by atoms with van der Waals surface area (Å²) in [5.74, 6) is 1.29. The number of ether oxygens (including phenoxy) is 3. The van der Waals surface area contributed by atoms with Crippen molar-refractivity contribution in [1.29, 1.82) is 0 Å². The first-order valence-corrected chi connectivity index (χ1v) is 9.93. The van der Waals surface area contributed by atoms with Crippen molar-refractivity contribution in [3.63, 3.8) is 0 Å². The number of nitrogens with zero attached hydrogens (tertiary/aromatic N) is 1. The summed E-state index contributed by atoms with van der Waals surface area (Å²) in [4.78, 5) is 15.9. The lowest BCUT2D eigenvalue weighted by Crippen LogP contribution is -2.01. The van der Waals surface area contributed by atoms with Crippen LogP contribution in [0.15, 0.2) is 60.9 Å². The van der Waals surface area contributed by atoms with Crippen LogP contribution in [0.4, 0.5) is 0 Å². The van der Waals surface area contributed by atoms with Crippen LogP contribution in [-0.2, 0) is 30.4 Å². The van der Waals surface area contributed by atoms with Gasteiger partial charge in [-0.3, -0.25) is 4.98 Å². The van der Waals surface area contributed by atoms with Gasteiger partial charge in [0.25, 0.3) is 0 Å². The van der Waals surface area contributed by atoms with Gasteiger partial charge in [-0.15, -0.1) is 0 Å². The van der Waals surface area contributed by atoms with Crippen molar-refractivity contribution in [2.24, 2.45) is 0 Å². The average molecular weight is 405 g/mol. The van der Waals surface area contributed by atoms with Gasteiger partial charge in [-0.25, -0.2) is 4.79 Å². The smallest absolute Gasteiger partial charge is 0.337 e. The Balaban J connectivity index is 1.59. The van der Waals surface area contributed by atoms with Gasteiger partial charge in [0.15, 0.2) is 0 Å². The van der Waals surface area contributed by atoms with Gasteiger partial charge in [-0.1, -0.05) is 18.2 Å². The number of hydrogen-bond acceptors (Lipinski definition) is 5. The number of pyridine rings is 1. The maximum Gasteiger partial charge on any atom is 0.337 e. The molecule has 1 aromatic heterocycles. The summed E-state index contributed by atoms with van der Waals surface area (Å²) in [6.45, 7) is 0. The van der Waals surface area contributed by atoms with Crippen LogP contribution in [0.3, 0.4) is 0 Å². The van der Waals surface area contributed by atoms with Gasteiger partial charge < -0.3 is 14.2 Å². The minimum Gasteiger partial charge on any atom is -0.497 e. The van der Waals surface area contributed by atoms with Crippen molar-refractivity contribution in [3.8, 4) is 11.5 Å². The molecular weight excluding hydrogens is 378 g/mol. The standard InChI is InChI=1S/C25H27NO4/c1-28-23-13-19(14-24(15-23)29-2)5-7-21-12-20(16-26-17-21)6-4-18-8-10-22(11-9-18)25(27)30-3/h8-17H,4-7H2,1-3H3. The predicted molar refractivity (Wildman–Crippen MR) is 116 cm³/mol. The summed E-state index contributed by atoms with van der Waals surface area (Å²) in [6, 6.07) is 15.7. The van der Waals surface area contributed by atoms with Gasteiger partial charge >= 0.3 is 5.97 Å². The van der Waals surface area contributed by atoms with Crippen LogP contribution in [0.1, 0.15) is 32.6 Å². The van der Waals surface area contributed by atoms with Crippen LogP contribution >= 0.6 is 0 Å². The zero-order chi connectivity index (χ0) is 21.3. The lowest BCUT2D eigenvalue weighted by Gasteiger charge is -2.09. The number of methoxy groups -OCH3 is 3. The number of hydrogen-bond donors (Lipinski definition) is 0. The summed E-state index contributed by atoms with van der Waals surface area (Å²) in [5.41, 5.74) is 5.32. The Morgan fingerprint density at radius 3 is 1.77 bits per heavy atom. The minimum absolute atomic E-state index is 0.313. The monoisotopic (exact) mass is 405 g/mol. The topological polar surface area (TPSA) is 57.7 Å². The molecule has 0 fully saturated rings. The number of esters is 1. The Kier molecular flexibility index (Phi) is 7.44. The van der Waals surface area contributed by atoms with Crippen molar-refractivity contribution in [2.45, 2.75) is 25.7 Å². The van der Waals surface area contributed by atoms with Crippen LogP contribution < -0.4 is 9.47 Å². The highest BCUT2D eigenvalue weighted by Gasteiger charge is 2.06. The Bertz CT molecular complexity index is 960. The Labute approximate surface area is 177 Å². The molecule has 0 unspecified atom stereocenters. The van der Waals surface area contributed by atoms with Gasteiger partial charge in [0, 0.05) is 18.5 Å². The van der Waals surface area contributed by atoms with E-state index in [9.17, 15) is 4.79 Å². The minimum atomic E-state index is -0.313. The van der Waals surface area contributed by atoms with E-state index in [0.29, 0.717) is 5.56 Å². The molecule has 0 saturated heterocycles. The second kappa shape index (κ2) is 10.4. The highest BCUT2D eigenvalue weighted by Crippen LogP contribution is 2.23. The molecule has 0 N–H and O–H groups in total. The fourth-order valence-corrected chi connectivity index (χ4v) is 3.33. The molecule has 0 bridgehead atoms. The third kappa shape index (κ3) is 5.83. The number of carbonyl (C=O) groups excluding carboxylic acids is 1. The van der Waals surface area contributed by atoms with Crippen LogP contribution in [0.25, 0.3) is 0 Å². The van der Waals surface area contributed by atoms with E-state index in [0.717, 1.165) is 37.2 Å². The number of benzene rings is 2. The molecule has 0 aliphatic rings. The van der Waals surface area contributed by atoms with Gasteiger partial charge in [-0.05, 0) is 72.2 Å². The van der Waals surface area contributed by atoms with E-state index in [-0.39, 0.29) is 5.97 Å². The largest absolute Gasteiger partial charge is 0.497 e. The van der Waals surface area contributed by atoms with Crippen molar-refractivity contribution >= 4 is 5.97 Å². The van der Waals surface area contributed by atoms with Gasteiger partial charge in [-0.2, -0.15) is 0 Å². The van der Waals surface area contributed by atoms with Crippen LogP contribution in [0.2, 0.25) is 0 Å². The van der Waals surface area contributed by atoms with E-state index in [1.165, 1.54) is 29.4 Å². The third-order valence-corrected chi connectivity index (χ3v) is 5.04. The van der Waals surface area contributed by atoms with E-state index >= 15 is 0 Å². The van der Waals surface area contributed by atoms with Crippen LogP contribution in [0, 0.1) is 0 Å². The molecule has 0 saturated carbocycles. The van der Waals surface area contributed by atoms with E-state index in [4.69, 9.17) is 14.2 Å². The van der Waals surface area contributed by atoms with E-state index in [1.54, 1.807) is 26.4 Å². The summed E-state index contributed by atoms with van der Waals surface area (Å²) in [7, 11) is 4.71. The second-order valence-electron chi connectivity index (χ2n) is 7.11. The molecule has 1 heterocycles. The normalized spacial score (nSPS) is 10.5. The third-order valence-electron chi connectivity index (χ3n) is 5.04. The van der Waals surface area contributed by atoms with Gasteiger partial charge in [0.2, 0.25) is 0 Å². The van der Waals surface area contributed by atoms with E-state index < -0.39 is 0 Å². The Hall–Kier alpha value is -3.34. The molecule has 30 heavy (non-hydrogen) atoms. The molecule has 0 spiro atoms. The molecule has 0 amide bonds. The molecule has 2 aromatic carbocycles. The number of rotatable bonds is 9. The molecule has 0 radical (unpaired) electrons. The number of aromatic nitrogens is 1. The van der Waals surface area contributed by atoms with E-state index in [1.807, 2.05) is 42.7 Å². The molecule has 0 atom stereocenters. The summed E-state index contributed by atoms with van der Waals surface area (Å²) in [6.07, 6.45) is 7.40. The first-order chi connectivity index (χ1) is 14.6. The molecule has 156 valence electrons. The van der Waals surface area contributed by atoms with Crippen molar-refractivity contribution in [2.75, 3.05) is 21.3 Å². The SMILES string of the molecule is COC(=O)c1ccc(CCc2cncc(CCc3cc(OC)cc(OC)c3)c2)cc1. The Morgan fingerprint density at radius 2 is 1.23 bits per heavy atom. The van der Waals surface area contributed by atoms with E-state index in [2.05, 4.69) is 11.1 Å². The lowest BCUT2D eigenvalue weighted by molar-refractivity contribution is 0.0600. The van der Waals surface area contributed by atoms with Crippen molar-refractivity contribution < 1.29 is 19.0 Å². The molecule has 0 aliphatic heterocycles. The van der Waals surface area contributed by atoms with Gasteiger partial charge in [0.05, 0.1) is 26.9 Å². The van der Waals surface area contributed by atoms with Gasteiger partial charge in [0.1, 0.15) is 11.5 Å². The maximum atomic E-state index is 11.5. The average Bonchev–Trinajstić information content (AvgIpc) is 2.81. The van der Waals surface area contributed by atoms with Crippen LogP contribution in [0.5, 0.6) is 11.5 Å². The second-order valence-corrected chi connectivity index (χ2v) is 7.11. The molecule has 5 heteroatoms. The molecule has 3 aromatic rings. The fraction of sp³-hybridized carbons (Fsp3) is 0.280. The summed E-state index contributed by atoms with van der Waals surface area (Å²) >= 11 is 0. The number of aryl methyl sites for hydroxylation is 4. The zero-order valence-electron chi connectivity index (χ0n) is 17.7. The molecule has 5 nitrogen and oxygen atoms in total. The number of carbonyl (C=O) groups is 1. The fourth-order valence-electron chi connectivity index (χ4n) is 3.33. The van der Waals surface area contributed by atoms with Crippen molar-refractivity contribution in [1.82, 2.24) is 4.98 Å². The maximum absolute atomic E-state index is 11.5. The zero-order valence-corrected chi connectivity index (χ0v) is 17.7.